The third-order valence-electron chi connectivity index (χ3n) is 4.32. The quantitative estimate of drug-likeness (QED) is 0.589. The van der Waals surface area contributed by atoms with Gasteiger partial charge in [0.05, 0.1) is 0 Å². The van der Waals surface area contributed by atoms with E-state index >= 15 is 0 Å². The van der Waals surface area contributed by atoms with E-state index in [1.165, 1.54) is 5.39 Å². The van der Waals surface area contributed by atoms with Crippen molar-refractivity contribution in [1.29, 1.82) is 0 Å². The summed E-state index contributed by atoms with van der Waals surface area (Å²) in [6, 6.07) is 16.0. The maximum Gasteiger partial charge on any atom is 0.221 e. The number of rotatable bonds is 6. The van der Waals surface area contributed by atoms with Gasteiger partial charge in [-0.05, 0) is 29.7 Å². The van der Waals surface area contributed by atoms with Gasteiger partial charge in [0.15, 0.2) is 5.65 Å². The largest absolute Gasteiger partial charge is 0.356 e. The van der Waals surface area contributed by atoms with Crippen LogP contribution in [0.4, 0.5) is 0 Å². The number of benzene rings is 1. The van der Waals surface area contributed by atoms with Gasteiger partial charge in [-0.1, -0.05) is 24.3 Å². The van der Waals surface area contributed by atoms with Gasteiger partial charge in [-0.2, -0.15) is 0 Å². The number of aromatic nitrogens is 4. The number of carbonyl (C=O) groups is 1. The first-order valence-corrected chi connectivity index (χ1v) is 8.40. The van der Waals surface area contributed by atoms with Crippen LogP contribution < -0.4 is 5.32 Å². The van der Waals surface area contributed by atoms with Gasteiger partial charge in [0.1, 0.15) is 5.82 Å². The SMILES string of the molecule is O=C(CCn1ccc2ccccc21)NCCc1nnc2ccccn12. The van der Waals surface area contributed by atoms with Crippen LogP contribution in [0.3, 0.4) is 0 Å². The number of hydrogen-bond acceptors (Lipinski definition) is 3. The van der Waals surface area contributed by atoms with Gasteiger partial charge >= 0.3 is 0 Å². The Labute approximate surface area is 145 Å². The van der Waals surface area contributed by atoms with Crippen LogP contribution in [0.15, 0.2) is 60.9 Å². The highest BCUT2D eigenvalue weighted by molar-refractivity contribution is 5.80. The summed E-state index contributed by atoms with van der Waals surface area (Å²) in [5, 5.41) is 12.4. The summed E-state index contributed by atoms with van der Waals surface area (Å²) in [4.78, 5) is 12.1. The van der Waals surface area contributed by atoms with Crippen molar-refractivity contribution in [3.8, 4) is 0 Å². The van der Waals surface area contributed by atoms with Crippen molar-refractivity contribution in [3.05, 3.63) is 66.7 Å². The Kier molecular flexibility index (Phi) is 4.16. The lowest BCUT2D eigenvalue weighted by atomic mass is 10.2. The lowest BCUT2D eigenvalue weighted by Gasteiger charge is -2.07. The van der Waals surface area contributed by atoms with E-state index in [4.69, 9.17) is 0 Å². The van der Waals surface area contributed by atoms with Gasteiger partial charge in [0.25, 0.3) is 0 Å². The fourth-order valence-corrected chi connectivity index (χ4v) is 3.02. The van der Waals surface area contributed by atoms with E-state index in [2.05, 4.69) is 38.3 Å². The molecule has 6 nitrogen and oxygen atoms in total. The number of hydrogen-bond donors (Lipinski definition) is 1. The van der Waals surface area contributed by atoms with Crippen molar-refractivity contribution >= 4 is 22.5 Å². The Morgan fingerprint density at radius 3 is 2.84 bits per heavy atom. The molecule has 0 aliphatic heterocycles. The average Bonchev–Trinajstić information content (AvgIpc) is 3.24. The van der Waals surface area contributed by atoms with Gasteiger partial charge in [-0.15, -0.1) is 10.2 Å². The van der Waals surface area contributed by atoms with E-state index in [1.807, 2.05) is 47.1 Å². The van der Waals surface area contributed by atoms with Crippen molar-refractivity contribution in [2.24, 2.45) is 0 Å². The molecule has 6 heteroatoms. The zero-order valence-corrected chi connectivity index (χ0v) is 13.8. The van der Waals surface area contributed by atoms with Crippen molar-refractivity contribution in [3.63, 3.8) is 0 Å². The van der Waals surface area contributed by atoms with E-state index in [1.54, 1.807) is 0 Å². The normalized spacial score (nSPS) is 11.2. The van der Waals surface area contributed by atoms with Crippen LogP contribution >= 0.6 is 0 Å². The molecule has 0 radical (unpaired) electrons. The molecule has 1 amide bonds. The number of nitrogens with one attached hydrogen (secondary N) is 1. The van der Waals surface area contributed by atoms with E-state index in [0.717, 1.165) is 17.0 Å². The van der Waals surface area contributed by atoms with Crippen molar-refractivity contribution < 1.29 is 4.79 Å². The fourth-order valence-electron chi connectivity index (χ4n) is 3.02. The van der Waals surface area contributed by atoms with E-state index in [0.29, 0.717) is 25.9 Å². The Morgan fingerprint density at radius 2 is 1.88 bits per heavy atom. The number of para-hydroxylation sites is 1. The Bertz CT molecular complexity index is 1020. The fraction of sp³-hybridized carbons (Fsp3) is 0.211. The smallest absolute Gasteiger partial charge is 0.221 e. The number of carbonyl (C=O) groups excluding carboxylic acids is 1. The first-order valence-electron chi connectivity index (χ1n) is 8.40. The lowest BCUT2D eigenvalue weighted by Crippen LogP contribution is -2.27. The summed E-state index contributed by atoms with van der Waals surface area (Å²) >= 11 is 0. The molecule has 0 bridgehead atoms. The van der Waals surface area contributed by atoms with Gasteiger partial charge in [0.2, 0.25) is 5.91 Å². The molecule has 0 unspecified atom stereocenters. The van der Waals surface area contributed by atoms with Crippen molar-refractivity contribution in [2.45, 2.75) is 19.4 Å². The summed E-state index contributed by atoms with van der Waals surface area (Å²) in [6.07, 6.45) is 5.08. The molecule has 3 heterocycles. The molecule has 0 aliphatic carbocycles. The Morgan fingerprint density at radius 1 is 1.00 bits per heavy atom. The van der Waals surface area contributed by atoms with Crippen LogP contribution in [0.25, 0.3) is 16.6 Å². The van der Waals surface area contributed by atoms with Crippen LogP contribution in [-0.4, -0.2) is 31.6 Å². The summed E-state index contributed by atoms with van der Waals surface area (Å²) in [5.41, 5.74) is 1.98. The highest BCUT2D eigenvalue weighted by Crippen LogP contribution is 2.15. The average molecular weight is 333 g/mol. The molecule has 0 fully saturated rings. The maximum atomic E-state index is 12.1. The summed E-state index contributed by atoms with van der Waals surface area (Å²) in [5.74, 6) is 0.902. The molecule has 0 saturated heterocycles. The summed E-state index contributed by atoms with van der Waals surface area (Å²) in [7, 11) is 0. The Hall–Kier alpha value is -3.15. The molecule has 126 valence electrons. The van der Waals surface area contributed by atoms with Crippen molar-refractivity contribution in [2.75, 3.05) is 6.54 Å². The molecule has 4 rings (SSSR count). The molecule has 0 spiro atoms. The molecule has 0 saturated carbocycles. The number of pyridine rings is 1. The first-order chi connectivity index (χ1) is 12.3. The zero-order valence-electron chi connectivity index (χ0n) is 13.8. The second-order valence-corrected chi connectivity index (χ2v) is 5.96. The minimum atomic E-state index is 0.0478. The number of aryl methyl sites for hydroxylation is 1. The van der Waals surface area contributed by atoms with Crippen LogP contribution in [0.5, 0.6) is 0 Å². The molecule has 3 aromatic heterocycles. The minimum absolute atomic E-state index is 0.0478. The van der Waals surface area contributed by atoms with Crippen LogP contribution in [0, 0.1) is 0 Å². The number of amides is 1. The summed E-state index contributed by atoms with van der Waals surface area (Å²) < 4.78 is 4.05. The molecule has 0 aliphatic rings. The standard InChI is InChI=1S/C19H19N5O/c25-19(10-14-23-13-9-15-5-1-2-6-16(15)23)20-11-8-18-22-21-17-7-3-4-12-24(17)18/h1-7,9,12-13H,8,10-11,14H2,(H,20,25). The molecule has 25 heavy (non-hydrogen) atoms. The van der Waals surface area contributed by atoms with Gasteiger partial charge < -0.3 is 9.88 Å². The van der Waals surface area contributed by atoms with Gasteiger partial charge in [-0.3, -0.25) is 9.20 Å². The van der Waals surface area contributed by atoms with Crippen LogP contribution in [-0.2, 0) is 17.8 Å². The molecule has 4 aromatic rings. The summed E-state index contributed by atoms with van der Waals surface area (Å²) in [6.45, 7) is 1.23. The monoisotopic (exact) mass is 333 g/mol. The van der Waals surface area contributed by atoms with E-state index < -0.39 is 0 Å². The minimum Gasteiger partial charge on any atom is -0.356 e. The van der Waals surface area contributed by atoms with Crippen molar-refractivity contribution in [1.82, 2.24) is 24.5 Å². The van der Waals surface area contributed by atoms with E-state index in [9.17, 15) is 4.79 Å². The molecule has 0 atom stereocenters. The predicted molar refractivity (Wildman–Crippen MR) is 96.3 cm³/mol. The van der Waals surface area contributed by atoms with E-state index in [-0.39, 0.29) is 5.91 Å². The van der Waals surface area contributed by atoms with Crippen LogP contribution in [0.1, 0.15) is 12.2 Å². The highest BCUT2D eigenvalue weighted by Gasteiger charge is 2.07. The highest BCUT2D eigenvalue weighted by atomic mass is 16.1. The molecular formula is C19H19N5O. The molecule has 1 N–H and O–H groups in total. The molecular weight excluding hydrogens is 314 g/mol. The second-order valence-electron chi connectivity index (χ2n) is 5.96. The molecule has 1 aromatic carbocycles. The third kappa shape index (κ3) is 3.24. The number of nitrogens with zero attached hydrogens (tertiary/aromatic N) is 4. The zero-order chi connectivity index (χ0) is 17.1. The van der Waals surface area contributed by atoms with Crippen LogP contribution in [0.2, 0.25) is 0 Å². The third-order valence-corrected chi connectivity index (χ3v) is 4.32. The lowest BCUT2D eigenvalue weighted by molar-refractivity contribution is -0.121. The number of fused-ring (bicyclic) bond motifs is 2. The van der Waals surface area contributed by atoms with Gasteiger partial charge in [0, 0.05) is 43.8 Å². The second kappa shape index (κ2) is 6.76. The maximum absolute atomic E-state index is 12.1. The predicted octanol–water partition coefficient (Wildman–Crippen LogP) is 2.43. The Balaban J connectivity index is 1.29. The first kappa shape index (κ1) is 15.4. The topological polar surface area (TPSA) is 64.2 Å². The van der Waals surface area contributed by atoms with Gasteiger partial charge in [-0.25, -0.2) is 0 Å².